The molecule has 94 valence electrons. The molecule has 0 spiro atoms. The molecular formula is C11H9BrN2O4. The lowest BCUT2D eigenvalue weighted by Gasteiger charge is -2.18. The van der Waals surface area contributed by atoms with Crippen LogP contribution in [-0.4, -0.2) is 35.4 Å². The number of hydrogen-bond donors (Lipinski definition) is 2. The van der Waals surface area contributed by atoms with E-state index < -0.39 is 23.7 Å². The highest BCUT2D eigenvalue weighted by atomic mass is 79.9. The van der Waals surface area contributed by atoms with Gasteiger partial charge in [-0.15, -0.1) is 0 Å². The number of amides is 1. The van der Waals surface area contributed by atoms with Crippen LogP contribution < -0.4 is 10.6 Å². The van der Waals surface area contributed by atoms with Crippen LogP contribution in [0.4, 0.5) is 5.69 Å². The zero-order valence-electron chi connectivity index (χ0n) is 9.09. The third kappa shape index (κ3) is 1.91. The number of hydrogen-bond acceptors (Lipinski definition) is 4. The van der Waals surface area contributed by atoms with Gasteiger partial charge in [-0.1, -0.05) is 6.07 Å². The molecule has 0 aliphatic carbocycles. The van der Waals surface area contributed by atoms with Crippen LogP contribution in [0.15, 0.2) is 22.7 Å². The summed E-state index contributed by atoms with van der Waals surface area (Å²) in [5.41, 5.74) is 6.02. The van der Waals surface area contributed by atoms with Gasteiger partial charge in [0.15, 0.2) is 0 Å². The van der Waals surface area contributed by atoms with E-state index in [4.69, 9.17) is 10.8 Å². The molecule has 1 atom stereocenters. The molecule has 1 aromatic rings. The Balaban J connectivity index is 2.41. The highest BCUT2D eigenvalue weighted by Crippen LogP contribution is 2.34. The molecule has 1 heterocycles. The van der Waals surface area contributed by atoms with Crippen molar-refractivity contribution in [1.29, 1.82) is 0 Å². The second kappa shape index (κ2) is 4.51. The van der Waals surface area contributed by atoms with E-state index in [1.165, 1.54) is 0 Å². The predicted molar refractivity (Wildman–Crippen MR) is 66.4 cm³/mol. The predicted octanol–water partition coefficient (Wildman–Crippen LogP) is 0.390. The van der Waals surface area contributed by atoms with Crippen LogP contribution >= 0.6 is 15.9 Å². The normalized spacial score (nSPS) is 15.8. The summed E-state index contributed by atoms with van der Waals surface area (Å²) < 4.78 is 0.504. The molecule has 1 amide bonds. The van der Waals surface area contributed by atoms with Gasteiger partial charge < -0.3 is 15.7 Å². The number of carbonyl (C=O) groups excluding carboxylic acids is 2. The van der Waals surface area contributed by atoms with Crippen LogP contribution in [0.2, 0.25) is 0 Å². The van der Waals surface area contributed by atoms with E-state index in [0.717, 1.165) is 4.90 Å². The van der Waals surface area contributed by atoms with Crippen molar-refractivity contribution in [3.05, 3.63) is 28.2 Å². The molecule has 1 unspecified atom stereocenters. The fourth-order valence-electron chi connectivity index (χ4n) is 1.76. The van der Waals surface area contributed by atoms with Crippen molar-refractivity contribution >= 4 is 39.3 Å². The standard InChI is InChI=1S/C11H9BrN2O4/c12-5-2-1-3-7-8(5)9(15)10(16)14(7)4-6(13)11(17)18/h1-3,6H,4,13H2,(H,17,18). The molecule has 7 heteroatoms. The monoisotopic (exact) mass is 312 g/mol. The van der Waals surface area contributed by atoms with E-state index >= 15 is 0 Å². The molecule has 0 saturated heterocycles. The summed E-state index contributed by atoms with van der Waals surface area (Å²) in [5.74, 6) is -2.64. The molecule has 0 radical (unpaired) electrons. The topological polar surface area (TPSA) is 101 Å². The lowest BCUT2D eigenvalue weighted by molar-refractivity contribution is -0.138. The second-order valence-electron chi connectivity index (χ2n) is 3.82. The highest BCUT2D eigenvalue weighted by molar-refractivity contribution is 9.10. The first kappa shape index (κ1) is 12.7. The summed E-state index contributed by atoms with van der Waals surface area (Å²) in [6, 6.07) is 3.66. The fourth-order valence-corrected chi connectivity index (χ4v) is 2.29. The van der Waals surface area contributed by atoms with Gasteiger partial charge in [-0.3, -0.25) is 14.4 Å². The smallest absolute Gasteiger partial charge is 0.322 e. The van der Waals surface area contributed by atoms with Crippen molar-refractivity contribution in [3.8, 4) is 0 Å². The van der Waals surface area contributed by atoms with Crippen LogP contribution in [0.5, 0.6) is 0 Å². The summed E-state index contributed by atoms with van der Waals surface area (Å²) in [4.78, 5) is 35.3. The first-order chi connectivity index (χ1) is 8.43. The fraction of sp³-hybridized carbons (Fsp3) is 0.182. The van der Waals surface area contributed by atoms with E-state index in [1.807, 2.05) is 0 Å². The maximum absolute atomic E-state index is 11.8. The summed E-state index contributed by atoms with van der Waals surface area (Å²) in [7, 11) is 0. The minimum absolute atomic E-state index is 0.233. The van der Waals surface area contributed by atoms with Crippen LogP contribution in [0, 0.1) is 0 Å². The molecule has 1 aromatic carbocycles. The minimum Gasteiger partial charge on any atom is -0.480 e. The number of benzene rings is 1. The second-order valence-corrected chi connectivity index (χ2v) is 4.68. The molecule has 2 rings (SSSR count). The maximum atomic E-state index is 11.8. The lowest BCUT2D eigenvalue weighted by Crippen LogP contribution is -2.44. The number of carboxylic acids is 1. The van der Waals surface area contributed by atoms with E-state index in [-0.39, 0.29) is 12.1 Å². The number of nitrogens with two attached hydrogens (primary N) is 1. The van der Waals surface area contributed by atoms with Crippen LogP contribution in [0.3, 0.4) is 0 Å². The summed E-state index contributed by atoms with van der Waals surface area (Å²) in [5, 5.41) is 8.74. The molecule has 6 nitrogen and oxygen atoms in total. The van der Waals surface area contributed by atoms with Crippen LogP contribution in [0.25, 0.3) is 0 Å². The first-order valence-electron chi connectivity index (χ1n) is 5.06. The van der Waals surface area contributed by atoms with Crippen molar-refractivity contribution in [3.63, 3.8) is 0 Å². The Morgan fingerprint density at radius 2 is 2.11 bits per heavy atom. The number of aliphatic carboxylic acids is 1. The molecule has 1 aliphatic heterocycles. The zero-order valence-corrected chi connectivity index (χ0v) is 10.7. The van der Waals surface area contributed by atoms with E-state index in [9.17, 15) is 14.4 Å². The third-order valence-electron chi connectivity index (χ3n) is 2.65. The molecule has 0 saturated carbocycles. The van der Waals surface area contributed by atoms with Crippen molar-refractivity contribution < 1.29 is 19.5 Å². The molecular weight excluding hydrogens is 304 g/mol. The van der Waals surface area contributed by atoms with E-state index in [0.29, 0.717) is 10.2 Å². The van der Waals surface area contributed by atoms with Gasteiger partial charge in [0.1, 0.15) is 6.04 Å². The minimum atomic E-state index is -1.23. The number of carbonyl (C=O) groups is 3. The summed E-state index contributed by atoms with van der Waals surface area (Å²) >= 11 is 3.19. The van der Waals surface area contributed by atoms with Crippen molar-refractivity contribution in [2.45, 2.75) is 6.04 Å². The lowest BCUT2D eigenvalue weighted by atomic mass is 10.1. The van der Waals surface area contributed by atoms with Crippen LogP contribution in [-0.2, 0) is 9.59 Å². The molecule has 18 heavy (non-hydrogen) atoms. The highest BCUT2D eigenvalue weighted by Gasteiger charge is 2.38. The van der Waals surface area contributed by atoms with Gasteiger partial charge >= 0.3 is 5.97 Å². The average molecular weight is 313 g/mol. The van der Waals surface area contributed by atoms with E-state index in [1.54, 1.807) is 18.2 Å². The third-order valence-corrected chi connectivity index (χ3v) is 3.31. The average Bonchev–Trinajstić information content (AvgIpc) is 2.55. The number of nitrogens with zero attached hydrogens (tertiary/aromatic N) is 1. The Kier molecular flexibility index (Phi) is 3.18. The number of anilines is 1. The number of fused-ring (bicyclic) bond motifs is 1. The van der Waals surface area contributed by atoms with E-state index in [2.05, 4.69) is 15.9 Å². The Bertz CT molecular complexity index is 558. The Labute approximate surface area is 110 Å². The maximum Gasteiger partial charge on any atom is 0.322 e. The van der Waals surface area contributed by atoms with Gasteiger partial charge in [0.05, 0.1) is 17.8 Å². The van der Waals surface area contributed by atoms with Crippen LogP contribution in [0.1, 0.15) is 10.4 Å². The van der Waals surface area contributed by atoms with Gasteiger partial charge in [0, 0.05) is 4.47 Å². The molecule has 0 aromatic heterocycles. The van der Waals surface area contributed by atoms with Gasteiger partial charge in [-0.05, 0) is 28.1 Å². The van der Waals surface area contributed by atoms with Crippen molar-refractivity contribution in [2.75, 3.05) is 11.4 Å². The number of rotatable bonds is 3. The quantitative estimate of drug-likeness (QED) is 0.786. The zero-order chi connectivity index (χ0) is 13.4. The Morgan fingerprint density at radius 1 is 1.44 bits per heavy atom. The SMILES string of the molecule is NC(CN1C(=O)C(=O)c2c(Br)cccc21)C(=O)O. The number of ketones is 1. The molecule has 3 N–H and O–H groups in total. The summed E-state index contributed by atoms with van der Waals surface area (Å²) in [6.07, 6.45) is 0. The Hall–Kier alpha value is -1.73. The first-order valence-corrected chi connectivity index (χ1v) is 5.86. The number of Topliss-reactive ketones (excluding diaryl/α,β-unsaturated/α-hetero) is 1. The molecule has 1 aliphatic rings. The van der Waals surface area contributed by atoms with Gasteiger partial charge in [0.25, 0.3) is 11.7 Å². The Morgan fingerprint density at radius 3 is 2.72 bits per heavy atom. The van der Waals surface area contributed by atoms with Gasteiger partial charge in [0.2, 0.25) is 0 Å². The largest absolute Gasteiger partial charge is 0.480 e. The summed E-state index contributed by atoms with van der Waals surface area (Å²) in [6.45, 7) is -0.233. The van der Waals surface area contributed by atoms with Gasteiger partial charge in [-0.2, -0.15) is 0 Å². The van der Waals surface area contributed by atoms with Gasteiger partial charge in [-0.25, -0.2) is 0 Å². The number of carboxylic acid groups (broad SMARTS) is 1. The van der Waals surface area contributed by atoms with Crippen molar-refractivity contribution in [2.24, 2.45) is 5.73 Å². The van der Waals surface area contributed by atoms with Crippen molar-refractivity contribution in [1.82, 2.24) is 0 Å². The molecule has 0 fully saturated rings. The number of halogens is 1. The molecule has 0 bridgehead atoms.